The van der Waals surface area contributed by atoms with E-state index >= 15 is 0 Å². The van der Waals surface area contributed by atoms with Gasteiger partial charge in [-0.3, -0.25) is 24.4 Å². The van der Waals surface area contributed by atoms with Crippen molar-refractivity contribution in [3.8, 4) is 0 Å². The summed E-state index contributed by atoms with van der Waals surface area (Å²) >= 11 is 5.21. The molecule has 0 bridgehead atoms. The first-order valence-corrected chi connectivity index (χ1v) is 6.94. The second kappa shape index (κ2) is 6.44. The predicted molar refractivity (Wildman–Crippen MR) is 91.1 cm³/mol. The molecule has 8 heteroatoms. The molecule has 0 aliphatic rings. The second-order valence-electron chi connectivity index (χ2n) is 4.73. The van der Waals surface area contributed by atoms with Crippen molar-refractivity contribution in [1.82, 2.24) is 14.6 Å². The van der Waals surface area contributed by atoms with E-state index in [2.05, 4.69) is 10.7 Å². The van der Waals surface area contributed by atoms with E-state index < -0.39 is 5.69 Å². The Kier molecular flexibility index (Phi) is 4.62. The van der Waals surface area contributed by atoms with Crippen LogP contribution in [0.3, 0.4) is 0 Å². The van der Waals surface area contributed by atoms with Crippen molar-refractivity contribution in [1.29, 1.82) is 0 Å². The molecule has 2 N–H and O–H groups in total. The fraction of sp³-hybridized carbons (Fsp3) is 0.214. The van der Waals surface area contributed by atoms with Crippen LogP contribution >= 0.6 is 12.2 Å². The minimum atomic E-state index is -0.405. The van der Waals surface area contributed by atoms with Crippen LogP contribution < -0.4 is 27.0 Å². The maximum atomic E-state index is 11.9. The van der Waals surface area contributed by atoms with Gasteiger partial charge in [0.2, 0.25) is 0 Å². The van der Waals surface area contributed by atoms with E-state index in [0.717, 1.165) is 10.3 Å². The number of hydrogen-bond donors (Lipinski definition) is 2. The summed E-state index contributed by atoms with van der Waals surface area (Å²) in [5, 5.41) is 4.87. The minimum Gasteiger partial charge on any atom is -0.331 e. The molecular formula is C14H17N5O2S. The van der Waals surface area contributed by atoms with Gasteiger partial charge < -0.3 is 5.32 Å². The van der Waals surface area contributed by atoms with Crippen molar-refractivity contribution in [2.45, 2.75) is 0 Å². The Morgan fingerprint density at radius 3 is 2.41 bits per heavy atom. The summed E-state index contributed by atoms with van der Waals surface area (Å²) in [5.74, 6) is 0.408. The zero-order chi connectivity index (χ0) is 16.3. The molecule has 2 rings (SSSR count). The van der Waals surface area contributed by atoms with Gasteiger partial charge in [0, 0.05) is 32.9 Å². The van der Waals surface area contributed by atoms with Crippen molar-refractivity contribution in [2.75, 3.05) is 17.4 Å². The SMILES string of the molecule is CN(NC(=S)Nc1ccccc1)c1cc(=O)n(C)c(=O)n1C. The fourth-order valence-electron chi connectivity index (χ4n) is 1.93. The van der Waals surface area contributed by atoms with E-state index in [0.29, 0.717) is 10.9 Å². The summed E-state index contributed by atoms with van der Waals surface area (Å²) in [7, 11) is 4.69. The highest BCUT2D eigenvalue weighted by Gasteiger charge is 2.11. The lowest BCUT2D eigenvalue weighted by Crippen LogP contribution is -2.46. The molecule has 1 heterocycles. The average molecular weight is 319 g/mol. The van der Waals surface area contributed by atoms with E-state index in [9.17, 15) is 9.59 Å². The molecule has 0 saturated carbocycles. The van der Waals surface area contributed by atoms with Gasteiger partial charge in [-0.15, -0.1) is 0 Å². The summed E-state index contributed by atoms with van der Waals surface area (Å²) in [6.07, 6.45) is 0. The van der Waals surface area contributed by atoms with Gasteiger partial charge in [0.25, 0.3) is 5.56 Å². The molecule has 0 atom stereocenters. The molecule has 0 saturated heterocycles. The van der Waals surface area contributed by atoms with Crippen LogP contribution in [0.1, 0.15) is 0 Å². The third-order valence-corrected chi connectivity index (χ3v) is 3.34. The van der Waals surface area contributed by atoms with Crippen LogP contribution in [0.15, 0.2) is 46.0 Å². The fourth-order valence-corrected chi connectivity index (χ4v) is 2.19. The zero-order valence-corrected chi connectivity index (χ0v) is 13.3. The number of hydrazine groups is 1. The summed E-state index contributed by atoms with van der Waals surface area (Å²) in [6, 6.07) is 10.8. The summed E-state index contributed by atoms with van der Waals surface area (Å²) < 4.78 is 2.40. The molecule has 0 aliphatic carbocycles. The van der Waals surface area contributed by atoms with Gasteiger partial charge in [0.05, 0.1) is 0 Å². The Morgan fingerprint density at radius 1 is 1.14 bits per heavy atom. The first-order valence-electron chi connectivity index (χ1n) is 6.53. The molecule has 1 aromatic carbocycles. The molecule has 0 amide bonds. The molecule has 1 aromatic heterocycles. The Bertz CT molecular complexity index is 797. The lowest BCUT2D eigenvalue weighted by Gasteiger charge is -2.24. The largest absolute Gasteiger partial charge is 0.332 e. The van der Waals surface area contributed by atoms with Crippen LogP contribution in [0, 0.1) is 0 Å². The van der Waals surface area contributed by atoms with E-state index in [4.69, 9.17) is 12.2 Å². The lowest BCUT2D eigenvalue weighted by atomic mass is 10.3. The van der Waals surface area contributed by atoms with Crippen molar-refractivity contribution in [3.63, 3.8) is 0 Å². The Balaban J connectivity index is 2.16. The zero-order valence-electron chi connectivity index (χ0n) is 12.5. The molecule has 0 radical (unpaired) electrons. The molecule has 0 aliphatic heterocycles. The third kappa shape index (κ3) is 3.34. The van der Waals surface area contributed by atoms with E-state index in [1.165, 1.54) is 22.7 Å². The van der Waals surface area contributed by atoms with Crippen LogP contribution in [0.25, 0.3) is 0 Å². The van der Waals surface area contributed by atoms with Crippen molar-refractivity contribution < 1.29 is 0 Å². The molecule has 7 nitrogen and oxygen atoms in total. The smallest absolute Gasteiger partial charge is 0.331 e. The van der Waals surface area contributed by atoms with Crippen LogP contribution in [0.5, 0.6) is 0 Å². The lowest BCUT2D eigenvalue weighted by molar-refractivity contribution is 0.666. The standard InChI is InChI=1S/C14H17N5O2S/c1-17-11(9-12(20)18(2)14(17)21)19(3)16-13(22)15-10-7-5-4-6-8-10/h4-9H,1-3H3,(H2,15,16,22). The maximum absolute atomic E-state index is 11.9. The van der Waals surface area contributed by atoms with Crippen LogP contribution in [-0.2, 0) is 14.1 Å². The van der Waals surface area contributed by atoms with Crippen LogP contribution in [0.2, 0.25) is 0 Å². The maximum Gasteiger partial charge on any atom is 0.332 e. The van der Waals surface area contributed by atoms with Gasteiger partial charge in [0.15, 0.2) is 5.11 Å². The third-order valence-electron chi connectivity index (χ3n) is 3.15. The summed E-state index contributed by atoms with van der Waals surface area (Å²) in [4.78, 5) is 23.7. The monoisotopic (exact) mass is 319 g/mol. The van der Waals surface area contributed by atoms with Crippen LogP contribution in [-0.4, -0.2) is 21.3 Å². The topological polar surface area (TPSA) is 71.3 Å². The number of rotatable bonds is 3. The number of anilines is 2. The minimum absolute atomic E-state index is 0.349. The highest BCUT2D eigenvalue weighted by Crippen LogP contribution is 2.06. The number of benzene rings is 1. The molecule has 0 fully saturated rings. The molecule has 116 valence electrons. The van der Waals surface area contributed by atoms with Crippen molar-refractivity contribution >= 4 is 28.8 Å². The van der Waals surface area contributed by atoms with Gasteiger partial charge in [-0.05, 0) is 24.4 Å². The average Bonchev–Trinajstić information content (AvgIpc) is 2.49. The second-order valence-corrected chi connectivity index (χ2v) is 5.14. The molecule has 0 unspecified atom stereocenters. The normalized spacial score (nSPS) is 10.1. The van der Waals surface area contributed by atoms with Crippen molar-refractivity contribution in [2.24, 2.45) is 14.1 Å². The number of hydrogen-bond acceptors (Lipinski definition) is 4. The molecule has 2 aromatic rings. The quantitative estimate of drug-likeness (QED) is 0.631. The summed E-state index contributed by atoms with van der Waals surface area (Å²) in [6.45, 7) is 0. The van der Waals surface area contributed by atoms with E-state index in [1.807, 2.05) is 30.3 Å². The Labute approximate surface area is 132 Å². The Hall–Kier alpha value is -2.61. The predicted octanol–water partition coefficient (Wildman–Crippen LogP) is 0.422. The van der Waals surface area contributed by atoms with Gasteiger partial charge in [0.1, 0.15) is 5.82 Å². The van der Waals surface area contributed by atoms with Gasteiger partial charge in [-0.2, -0.15) is 0 Å². The first-order chi connectivity index (χ1) is 10.4. The first kappa shape index (κ1) is 15.8. The van der Waals surface area contributed by atoms with E-state index in [-0.39, 0.29) is 5.56 Å². The van der Waals surface area contributed by atoms with Crippen molar-refractivity contribution in [3.05, 3.63) is 57.2 Å². The van der Waals surface area contributed by atoms with Gasteiger partial charge in [-0.25, -0.2) is 4.79 Å². The Morgan fingerprint density at radius 2 is 1.77 bits per heavy atom. The van der Waals surface area contributed by atoms with Crippen LogP contribution in [0.4, 0.5) is 11.5 Å². The van der Waals surface area contributed by atoms with Gasteiger partial charge in [-0.1, -0.05) is 18.2 Å². The number of thiocarbonyl (C=S) groups is 1. The highest BCUT2D eigenvalue weighted by molar-refractivity contribution is 7.80. The molecular weight excluding hydrogens is 302 g/mol. The molecule has 0 spiro atoms. The summed E-state index contributed by atoms with van der Waals surface area (Å²) in [5.41, 5.74) is 2.96. The van der Waals surface area contributed by atoms with E-state index in [1.54, 1.807) is 14.1 Å². The molecule has 22 heavy (non-hydrogen) atoms. The highest BCUT2D eigenvalue weighted by atomic mass is 32.1. The number of nitrogens with one attached hydrogen (secondary N) is 2. The number of para-hydroxylation sites is 1. The number of aromatic nitrogens is 2. The number of nitrogens with zero attached hydrogens (tertiary/aromatic N) is 3. The van der Waals surface area contributed by atoms with Gasteiger partial charge >= 0.3 is 5.69 Å².